The van der Waals surface area contributed by atoms with Crippen molar-refractivity contribution in [3.05, 3.63) is 47.2 Å². The number of anilines is 1. The molecule has 0 amide bonds. The van der Waals surface area contributed by atoms with Crippen LogP contribution in [0, 0.1) is 24.7 Å². The second-order valence-electron chi connectivity index (χ2n) is 7.75. The quantitative estimate of drug-likeness (QED) is 0.733. The second-order valence-corrected chi connectivity index (χ2v) is 8.18. The van der Waals surface area contributed by atoms with Crippen molar-refractivity contribution in [3.8, 4) is 5.75 Å². The van der Waals surface area contributed by atoms with E-state index >= 15 is 0 Å². The van der Waals surface area contributed by atoms with Crippen LogP contribution >= 0.6 is 11.6 Å². The third-order valence-electron chi connectivity index (χ3n) is 5.69. The van der Waals surface area contributed by atoms with Crippen LogP contribution in [0.15, 0.2) is 36.7 Å². The third kappa shape index (κ3) is 4.47. The monoisotopic (exact) mass is 371 g/mol. The highest BCUT2D eigenvalue weighted by molar-refractivity contribution is 6.30. The number of hydrogen-bond donors (Lipinski definition) is 0. The van der Waals surface area contributed by atoms with Gasteiger partial charge in [0.05, 0.1) is 24.0 Å². The molecule has 2 heterocycles. The van der Waals surface area contributed by atoms with E-state index in [4.69, 9.17) is 16.3 Å². The molecule has 0 unspecified atom stereocenters. The molecular weight excluding hydrogens is 346 g/mol. The predicted octanol–water partition coefficient (Wildman–Crippen LogP) is 4.76. The molecule has 0 spiro atoms. The maximum absolute atomic E-state index is 5.95. The van der Waals surface area contributed by atoms with Gasteiger partial charge in [-0.1, -0.05) is 29.3 Å². The fourth-order valence-electron chi connectivity index (χ4n) is 3.91. The summed E-state index contributed by atoms with van der Waals surface area (Å²) in [5, 5.41) is 0.594. The molecule has 138 valence electrons. The molecule has 2 aromatic rings. The maximum Gasteiger partial charge on any atom is 0.225 e. The lowest BCUT2D eigenvalue weighted by atomic mass is 9.91. The Morgan fingerprint density at radius 3 is 2.46 bits per heavy atom. The van der Waals surface area contributed by atoms with E-state index in [0.29, 0.717) is 5.02 Å². The molecule has 5 heteroatoms. The van der Waals surface area contributed by atoms with Gasteiger partial charge in [0.15, 0.2) is 0 Å². The fourth-order valence-corrected chi connectivity index (χ4v) is 4.00. The molecule has 1 saturated carbocycles. The Bertz CT molecular complexity index is 711. The van der Waals surface area contributed by atoms with E-state index in [1.165, 1.54) is 31.2 Å². The number of aromatic nitrogens is 2. The zero-order valence-corrected chi connectivity index (χ0v) is 16.0. The lowest BCUT2D eigenvalue weighted by molar-refractivity contribution is 0.279. The number of piperidine rings is 1. The van der Waals surface area contributed by atoms with Crippen molar-refractivity contribution in [2.45, 2.75) is 32.6 Å². The smallest absolute Gasteiger partial charge is 0.225 e. The Kier molecular flexibility index (Phi) is 5.30. The first-order valence-electron chi connectivity index (χ1n) is 9.59. The summed E-state index contributed by atoms with van der Waals surface area (Å²) in [5.41, 5.74) is 1.27. The highest BCUT2D eigenvalue weighted by Gasteiger charge is 2.39. The van der Waals surface area contributed by atoms with Crippen LogP contribution in [0.2, 0.25) is 5.02 Å². The number of rotatable bonds is 6. The largest absolute Gasteiger partial charge is 0.493 e. The van der Waals surface area contributed by atoms with Crippen LogP contribution < -0.4 is 9.64 Å². The van der Waals surface area contributed by atoms with Crippen LogP contribution in [0.25, 0.3) is 0 Å². The molecule has 1 aromatic heterocycles. The minimum absolute atomic E-state index is 0.594. The Morgan fingerprint density at radius 1 is 1.08 bits per heavy atom. The summed E-state index contributed by atoms with van der Waals surface area (Å²) in [7, 11) is 0. The van der Waals surface area contributed by atoms with Gasteiger partial charge in [0, 0.05) is 13.1 Å². The predicted molar refractivity (Wildman–Crippen MR) is 105 cm³/mol. The third-order valence-corrected chi connectivity index (χ3v) is 5.89. The Hall–Kier alpha value is -1.81. The Balaban J connectivity index is 1.17. The normalized spacial score (nSPS) is 23.1. The molecule has 26 heavy (non-hydrogen) atoms. The lowest BCUT2D eigenvalue weighted by Gasteiger charge is -2.32. The summed E-state index contributed by atoms with van der Waals surface area (Å²) in [6, 6.07) is 8.36. The number of benzene rings is 1. The molecule has 0 bridgehead atoms. The summed E-state index contributed by atoms with van der Waals surface area (Å²) < 4.78 is 5.95. The molecule has 1 aliphatic carbocycles. The number of nitrogens with zero attached hydrogens (tertiary/aromatic N) is 3. The molecule has 4 rings (SSSR count). The van der Waals surface area contributed by atoms with E-state index in [1.807, 2.05) is 0 Å². The summed E-state index contributed by atoms with van der Waals surface area (Å²) >= 11 is 5.87. The van der Waals surface area contributed by atoms with Gasteiger partial charge < -0.3 is 9.64 Å². The highest BCUT2D eigenvalue weighted by atomic mass is 35.5. The van der Waals surface area contributed by atoms with Gasteiger partial charge in [-0.2, -0.15) is 0 Å². The SMILES string of the molecule is Cc1ccc(OC[C@@H]2C[C@H]2CC2CCN(c3ncc(Cl)cn3)CC2)cc1. The van der Waals surface area contributed by atoms with Gasteiger partial charge in [-0.15, -0.1) is 0 Å². The molecular formula is C21H26ClN3O. The number of ether oxygens (including phenoxy) is 1. The van der Waals surface area contributed by atoms with Gasteiger partial charge in [0.25, 0.3) is 0 Å². The molecule has 1 saturated heterocycles. The minimum Gasteiger partial charge on any atom is -0.493 e. The maximum atomic E-state index is 5.95. The van der Waals surface area contributed by atoms with Gasteiger partial charge in [-0.25, -0.2) is 9.97 Å². The number of aryl methyl sites for hydroxylation is 1. The number of hydrogen-bond acceptors (Lipinski definition) is 4. The van der Waals surface area contributed by atoms with Gasteiger partial charge in [-0.05, 0) is 62.5 Å². The van der Waals surface area contributed by atoms with Crippen molar-refractivity contribution < 1.29 is 4.74 Å². The van der Waals surface area contributed by atoms with Crippen LogP contribution in [-0.2, 0) is 0 Å². The van der Waals surface area contributed by atoms with E-state index in [-0.39, 0.29) is 0 Å². The van der Waals surface area contributed by atoms with Crippen LogP contribution in [0.5, 0.6) is 5.75 Å². The van der Waals surface area contributed by atoms with Crippen LogP contribution in [-0.4, -0.2) is 29.7 Å². The van der Waals surface area contributed by atoms with E-state index in [9.17, 15) is 0 Å². The zero-order valence-electron chi connectivity index (χ0n) is 15.3. The van der Waals surface area contributed by atoms with Crippen LogP contribution in [0.4, 0.5) is 5.95 Å². The van der Waals surface area contributed by atoms with E-state index in [1.54, 1.807) is 12.4 Å². The van der Waals surface area contributed by atoms with Crippen molar-refractivity contribution in [1.29, 1.82) is 0 Å². The van der Waals surface area contributed by atoms with Crippen molar-refractivity contribution >= 4 is 17.5 Å². The molecule has 2 atom stereocenters. The molecule has 0 N–H and O–H groups in total. The summed E-state index contributed by atoms with van der Waals surface area (Å²) in [6.45, 7) is 5.06. The first-order chi connectivity index (χ1) is 12.7. The fraction of sp³-hybridized carbons (Fsp3) is 0.524. The lowest BCUT2D eigenvalue weighted by Crippen LogP contribution is -2.35. The second kappa shape index (κ2) is 7.83. The van der Waals surface area contributed by atoms with Gasteiger partial charge >= 0.3 is 0 Å². The summed E-state index contributed by atoms with van der Waals surface area (Å²) in [6.07, 6.45) is 8.49. The van der Waals surface area contributed by atoms with Gasteiger partial charge in [-0.3, -0.25) is 0 Å². The topological polar surface area (TPSA) is 38.2 Å². The summed E-state index contributed by atoms with van der Waals surface area (Å²) in [4.78, 5) is 10.9. The first kappa shape index (κ1) is 17.6. The van der Waals surface area contributed by atoms with Crippen LogP contribution in [0.1, 0.15) is 31.2 Å². The van der Waals surface area contributed by atoms with Crippen molar-refractivity contribution in [2.24, 2.45) is 17.8 Å². The standard InChI is InChI=1S/C21H26ClN3O/c1-15-2-4-20(5-3-15)26-14-18-11-17(18)10-16-6-8-25(9-7-16)21-23-12-19(22)13-24-21/h2-5,12-13,16-18H,6-11,14H2,1H3/t17-,18+/m1/s1. The molecule has 4 nitrogen and oxygen atoms in total. The first-order valence-corrected chi connectivity index (χ1v) is 9.97. The zero-order chi connectivity index (χ0) is 17.9. The molecule has 1 aliphatic heterocycles. The summed E-state index contributed by atoms with van der Waals surface area (Å²) in [5.74, 6) is 4.23. The van der Waals surface area contributed by atoms with Gasteiger partial charge in [0.1, 0.15) is 5.75 Å². The average Bonchev–Trinajstić information content (AvgIpc) is 3.40. The van der Waals surface area contributed by atoms with Crippen molar-refractivity contribution in [2.75, 3.05) is 24.6 Å². The van der Waals surface area contributed by atoms with Crippen LogP contribution in [0.3, 0.4) is 0 Å². The Morgan fingerprint density at radius 2 is 1.77 bits per heavy atom. The number of halogens is 1. The average molecular weight is 372 g/mol. The van der Waals surface area contributed by atoms with E-state index in [2.05, 4.69) is 46.1 Å². The minimum atomic E-state index is 0.594. The highest BCUT2D eigenvalue weighted by Crippen LogP contribution is 2.45. The van der Waals surface area contributed by atoms with E-state index < -0.39 is 0 Å². The van der Waals surface area contributed by atoms with Gasteiger partial charge in [0.2, 0.25) is 5.95 Å². The van der Waals surface area contributed by atoms with Crippen molar-refractivity contribution in [3.63, 3.8) is 0 Å². The van der Waals surface area contributed by atoms with E-state index in [0.717, 1.165) is 49.1 Å². The molecule has 0 radical (unpaired) electrons. The Labute approximate surface area is 160 Å². The molecule has 1 aromatic carbocycles. The molecule has 2 fully saturated rings. The van der Waals surface area contributed by atoms with Crippen molar-refractivity contribution in [1.82, 2.24) is 9.97 Å². The molecule has 2 aliphatic rings.